The lowest BCUT2D eigenvalue weighted by atomic mass is 9.89. The van der Waals surface area contributed by atoms with Crippen molar-refractivity contribution in [1.29, 1.82) is 0 Å². The lowest BCUT2D eigenvalue weighted by Gasteiger charge is -2.27. The minimum Gasteiger partial charge on any atom is -0.487 e. The van der Waals surface area contributed by atoms with Crippen molar-refractivity contribution >= 4 is 10.0 Å². The Morgan fingerprint density at radius 1 is 1.25 bits per heavy atom. The zero-order chi connectivity index (χ0) is 14.9. The SMILES string of the molecule is CC1CCCC(Oc2ccc(S(N)(=O)=O)c(F)c2F)C1. The summed E-state index contributed by atoms with van der Waals surface area (Å²) in [6, 6.07) is 2.03. The summed E-state index contributed by atoms with van der Waals surface area (Å²) >= 11 is 0. The van der Waals surface area contributed by atoms with E-state index in [9.17, 15) is 17.2 Å². The van der Waals surface area contributed by atoms with Gasteiger partial charge in [0.2, 0.25) is 15.8 Å². The highest BCUT2D eigenvalue weighted by molar-refractivity contribution is 7.89. The first-order valence-electron chi connectivity index (χ1n) is 6.46. The van der Waals surface area contributed by atoms with Gasteiger partial charge in [-0.15, -0.1) is 0 Å². The van der Waals surface area contributed by atoms with Crippen LogP contribution in [0.2, 0.25) is 0 Å². The number of halogens is 2. The van der Waals surface area contributed by atoms with E-state index in [2.05, 4.69) is 6.92 Å². The quantitative estimate of drug-likeness (QED) is 0.933. The Kier molecular flexibility index (Phi) is 4.29. The summed E-state index contributed by atoms with van der Waals surface area (Å²) in [4.78, 5) is -0.862. The topological polar surface area (TPSA) is 69.4 Å². The molecule has 1 aliphatic carbocycles. The Morgan fingerprint density at radius 2 is 1.95 bits per heavy atom. The van der Waals surface area contributed by atoms with Gasteiger partial charge in [-0.25, -0.2) is 17.9 Å². The molecule has 1 aliphatic rings. The standard InChI is InChI=1S/C13H17F2NO3S/c1-8-3-2-4-9(7-8)19-10-5-6-11(20(16,17)18)13(15)12(10)14/h5-6,8-9H,2-4,7H2,1H3,(H2,16,17,18). The van der Waals surface area contributed by atoms with Crippen LogP contribution in [0.5, 0.6) is 5.75 Å². The van der Waals surface area contributed by atoms with Crippen LogP contribution >= 0.6 is 0 Å². The molecule has 4 nitrogen and oxygen atoms in total. The molecular weight excluding hydrogens is 288 g/mol. The third-order valence-corrected chi connectivity index (χ3v) is 4.43. The van der Waals surface area contributed by atoms with Crippen molar-refractivity contribution < 1.29 is 21.9 Å². The van der Waals surface area contributed by atoms with Crippen LogP contribution in [0.25, 0.3) is 0 Å². The van der Waals surface area contributed by atoms with Crippen molar-refractivity contribution in [2.75, 3.05) is 0 Å². The number of hydrogen-bond donors (Lipinski definition) is 1. The van der Waals surface area contributed by atoms with Crippen LogP contribution < -0.4 is 9.88 Å². The van der Waals surface area contributed by atoms with Gasteiger partial charge >= 0.3 is 0 Å². The second-order valence-corrected chi connectivity index (χ2v) is 6.78. The van der Waals surface area contributed by atoms with Crippen LogP contribution in [0.1, 0.15) is 32.6 Å². The smallest absolute Gasteiger partial charge is 0.241 e. The van der Waals surface area contributed by atoms with Crippen LogP contribution in [0.15, 0.2) is 17.0 Å². The molecule has 2 unspecified atom stereocenters. The lowest BCUT2D eigenvalue weighted by Crippen LogP contribution is -2.25. The molecule has 1 saturated carbocycles. The van der Waals surface area contributed by atoms with E-state index < -0.39 is 26.6 Å². The van der Waals surface area contributed by atoms with Crippen molar-refractivity contribution in [1.82, 2.24) is 0 Å². The molecule has 0 aromatic heterocycles. The van der Waals surface area contributed by atoms with Crippen LogP contribution in [0.4, 0.5) is 8.78 Å². The largest absolute Gasteiger partial charge is 0.487 e. The molecule has 1 fully saturated rings. The average Bonchev–Trinajstić information content (AvgIpc) is 2.33. The molecule has 2 rings (SSSR count). The first-order chi connectivity index (χ1) is 9.29. The van der Waals surface area contributed by atoms with Crippen LogP contribution in [0.3, 0.4) is 0 Å². The predicted molar refractivity (Wildman–Crippen MR) is 69.8 cm³/mol. The molecule has 0 radical (unpaired) electrons. The Balaban J connectivity index is 2.24. The Hall–Kier alpha value is -1.21. The van der Waals surface area contributed by atoms with E-state index in [1.165, 1.54) is 0 Å². The first kappa shape index (κ1) is 15.2. The van der Waals surface area contributed by atoms with Crippen LogP contribution in [0, 0.1) is 17.6 Å². The Labute approximate surface area is 117 Å². The summed E-state index contributed by atoms with van der Waals surface area (Å²) in [6.45, 7) is 2.08. The number of ether oxygens (including phenoxy) is 1. The van der Waals surface area contributed by atoms with Gasteiger partial charge in [0, 0.05) is 0 Å². The van der Waals surface area contributed by atoms with Crippen LogP contribution in [-0.2, 0) is 10.0 Å². The number of primary sulfonamides is 1. The molecule has 0 bridgehead atoms. The second-order valence-electron chi connectivity index (χ2n) is 5.25. The van der Waals surface area contributed by atoms with Gasteiger partial charge in [0.1, 0.15) is 4.90 Å². The normalized spacial score (nSPS) is 23.6. The van der Waals surface area contributed by atoms with E-state index in [4.69, 9.17) is 9.88 Å². The van der Waals surface area contributed by atoms with Crippen molar-refractivity contribution in [2.24, 2.45) is 11.1 Å². The molecule has 1 aromatic rings. The third kappa shape index (κ3) is 3.27. The molecule has 0 aliphatic heterocycles. The average molecular weight is 305 g/mol. The fourth-order valence-electron chi connectivity index (χ4n) is 2.49. The maximum atomic E-state index is 13.8. The lowest BCUT2D eigenvalue weighted by molar-refractivity contribution is 0.123. The van der Waals surface area contributed by atoms with E-state index in [1.54, 1.807) is 0 Å². The summed E-state index contributed by atoms with van der Waals surface area (Å²) in [7, 11) is -4.29. The minimum absolute atomic E-state index is 0.173. The Bertz CT molecular complexity index is 604. The third-order valence-electron chi connectivity index (χ3n) is 3.50. The summed E-state index contributed by atoms with van der Waals surface area (Å²) in [5, 5.41) is 4.80. The second kappa shape index (κ2) is 5.65. The Morgan fingerprint density at radius 3 is 2.55 bits per heavy atom. The van der Waals surface area contributed by atoms with E-state index in [0.717, 1.165) is 37.8 Å². The highest BCUT2D eigenvalue weighted by atomic mass is 32.2. The fourth-order valence-corrected chi connectivity index (χ4v) is 3.09. The van der Waals surface area contributed by atoms with E-state index in [0.29, 0.717) is 5.92 Å². The highest BCUT2D eigenvalue weighted by Gasteiger charge is 2.25. The summed E-state index contributed by atoms with van der Waals surface area (Å²) in [6.07, 6.45) is 3.46. The fraction of sp³-hybridized carbons (Fsp3) is 0.538. The van der Waals surface area contributed by atoms with Gasteiger partial charge in [0.05, 0.1) is 6.10 Å². The summed E-state index contributed by atoms with van der Waals surface area (Å²) in [5.74, 6) is -2.59. The minimum atomic E-state index is -4.29. The molecule has 0 saturated heterocycles. The van der Waals surface area contributed by atoms with E-state index in [-0.39, 0.29) is 11.9 Å². The van der Waals surface area contributed by atoms with Gasteiger partial charge in [0.25, 0.3) is 0 Å². The predicted octanol–water partition coefficient (Wildman–Crippen LogP) is 2.57. The number of sulfonamides is 1. The maximum Gasteiger partial charge on any atom is 0.241 e. The van der Waals surface area contributed by atoms with Gasteiger partial charge in [-0.2, -0.15) is 4.39 Å². The van der Waals surface area contributed by atoms with Gasteiger partial charge in [-0.05, 0) is 37.3 Å². The molecule has 1 aromatic carbocycles. The molecule has 112 valence electrons. The highest BCUT2D eigenvalue weighted by Crippen LogP contribution is 2.30. The molecule has 0 spiro atoms. The van der Waals surface area contributed by atoms with Gasteiger partial charge in [-0.3, -0.25) is 0 Å². The van der Waals surface area contributed by atoms with Crippen molar-refractivity contribution in [3.05, 3.63) is 23.8 Å². The summed E-state index contributed by atoms with van der Waals surface area (Å²) in [5.41, 5.74) is 0. The van der Waals surface area contributed by atoms with Gasteiger partial charge in [0.15, 0.2) is 11.6 Å². The van der Waals surface area contributed by atoms with E-state index >= 15 is 0 Å². The number of benzene rings is 1. The maximum absolute atomic E-state index is 13.8. The monoisotopic (exact) mass is 305 g/mol. The molecular formula is C13H17F2NO3S. The first-order valence-corrected chi connectivity index (χ1v) is 8.01. The van der Waals surface area contributed by atoms with Crippen molar-refractivity contribution in [2.45, 2.75) is 43.6 Å². The number of rotatable bonds is 3. The van der Waals surface area contributed by atoms with Gasteiger partial charge < -0.3 is 4.74 Å². The zero-order valence-corrected chi connectivity index (χ0v) is 11.9. The van der Waals surface area contributed by atoms with Crippen molar-refractivity contribution in [3.63, 3.8) is 0 Å². The molecule has 2 atom stereocenters. The summed E-state index contributed by atoms with van der Waals surface area (Å²) < 4.78 is 55.1. The van der Waals surface area contributed by atoms with Gasteiger partial charge in [-0.1, -0.05) is 13.3 Å². The molecule has 7 heteroatoms. The molecule has 2 N–H and O–H groups in total. The number of nitrogens with two attached hydrogens (primary N) is 1. The van der Waals surface area contributed by atoms with Crippen LogP contribution in [-0.4, -0.2) is 14.5 Å². The number of hydrogen-bond acceptors (Lipinski definition) is 3. The zero-order valence-electron chi connectivity index (χ0n) is 11.1. The van der Waals surface area contributed by atoms with E-state index in [1.807, 2.05) is 0 Å². The molecule has 20 heavy (non-hydrogen) atoms. The molecule has 0 heterocycles. The van der Waals surface area contributed by atoms with Crippen molar-refractivity contribution in [3.8, 4) is 5.75 Å². The molecule has 0 amide bonds.